The smallest absolute Gasteiger partial charge is 0.262 e. The van der Waals surface area contributed by atoms with Gasteiger partial charge in [0.2, 0.25) is 0 Å². The van der Waals surface area contributed by atoms with E-state index in [9.17, 15) is 4.79 Å². The van der Waals surface area contributed by atoms with Gasteiger partial charge in [-0.15, -0.1) is 0 Å². The summed E-state index contributed by atoms with van der Waals surface area (Å²) in [6.07, 6.45) is -0.529. The van der Waals surface area contributed by atoms with E-state index in [1.807, 2.05) is 0 Å². The molecule has 1 aromatic rings. The number of benzene rings is 1. The zero-order valence-corrected chi connectivity index (χ0v) is 11.0. The maximum absolute atomic E-state index is 11.6. The van der Waals surface area contributed by atoms with Gasteiger partial charge in [-0.1, -0.05) is 5.16 Å². The third-order valence-electron chi connectivity index (χ3n) is 2.52. The lowest BCUT2D eigenvalue weighted by Gasteiger charge is -2.18. The minimum absolute atomic E-state index is 0.0906. The Morgan fingerprint density at radius 3 is 2.33 bits per heavy atom. The first-order chi connectivity index (χ1) is 8.45. The van der Waals surface area contributed by atoms with E-state index in [1.54, 1.807) is 52.2 Å². The zero-order chi connectivity index (χ0) is 13.7. The van der Waals surface area contributed by atoms with Gasteiger partial charge < -0.3 is 14.8 Å². The van der Waals surface area contributed by atoms with Gasteiger partial charge in [0.05, 0.1) is 5.71 Å². The van der Waals surface area contributed by atoms with Crippen molar-refractivity contribution < 1.29 is 14.7 Å². The molecule has 0 aliphatic rings. The number of rotatable bonds is 4. The summed E-state index contributed by atoms with van der Waals surface area (Å²) in [5.74, 6) is 0.513. The van der Waals surface area contributed by atoms with E-state index in [0.29, 0.717) is 11.5 Å². The number of carbonyl (C=O) groups excluding carboxylic acids is 1. The molecule has 0 aliphatic heterocycles. The molecule has 1 rings (SSSR count). The van der Waals surface area contributed by atoms with Crippen LogP contribution in [0.4, 0.5) is 0 Å². The lowest BCUT2D eigenvalue weighted by Crippen LogP contribution is -2.35. The number of nitrogens with zero attached hydrogens (tertiary/aromatic N) is 2. The number of carbonyl (C=O) groups is 1. The van der Waals surface area contributed by atoms with Gasteiger partial charge >= 0.3 is 0 Å². The highest BCUT2D eigenvalue weighted by Gasteiger charge is 2.16. The molecule has 0 heterocycles. The van der Waals surface area contributed by atoms with Gasteiger partial charge in [0.15, 0.2) is 6.10 Å². The maximum Gasteiger partial charge on any atom is 0.262 e. The van der Waals surface area contributed by atoms with Crippen LogP contribution in [0.1, 0.15) is 19.4 Å². The van der Waals surface area contributed by atoms with E-state index in [1.165, 1.54) is 4.90 Å². The zero-order valence-electron chi connectivity index (χ0n) is 11.0. The quantitative estimate of drug-likeness (QED) is 0.503. The Kier molecular flexibility index (Phi) is 4.71. The average molecular weight is 250 g/mol. The molecule has 0 radical (unpaired) electrons. The summed E-state index contributed by atoms with van der Waals surface area (Å²) in [5.41, 5.74) is 1.33. The Morgan fingerprint density at radius 2 is 1.89 bits per heavy atom. The third kappa shape index (κ3) is 3.48. The predicted octanol–water partition coefficient (Wildman–Crippen LogP) is 1.74. The highest BCUT2D eigenvalue weighted by atomic mass is 16.5. The van der Waals surface area contributed by atoms with Gasteiger partial charge in [0.1, 0.15) is 5.75 Å². The molecule has 0 aliphatic carbocycles. The van der Waals surface area contributed by atoms with Gasteiger partial charge in [-0.3, -0.25) is 4.79 Å². The molecule has 98 valence electrons. The monoisotopic (exact) mass is 250 g/mol. The second-order valence-electron chi connectivity index (χ2n) is 4.20. The average Bonchev–Trinajstić information content (AvgIpc) is 2.37. The lowest BCUT2D eigenvalue weighted by atomic mass is 10.1. The van der Waals surface area contributed by atoms with Crippen LogP contribution in [-0.4, -0.2) is 41.9 Å². The van der Waals surface area contributed by atoms with Crippen LogP contribution in [0.3, 0.4) is 0 Å². The molecule has 0 saturated carbocycles. The SMILES string of the molecule is C/C(=N\O)c1ccc(OC(C)C(=O)N(C)C)cc1. The predicted molar refractivity (Wildman–Crippen MR) is 69.2 cm³/mol. The molecule has 1 aromatic carbocycles. The van der Waals surface area contributed by atoms with E-state index in [4.69, 9.17) is 9.94 Å². The van der Waals surface area contributed by atoms with Crippen LogP contribution in [-0.2, 0) is 4.79 Å². The Morgan fingerprint density at radius 1 is 1.33 bits per heavy atom. The molecule has 0 bridgehead atoms. The summed E-state index contributed by atoms with van der Waals surface area (Å²) in [6.45, 7) is 3.41. The molecule has 0 saturated heterocycles. The minimum atomic E-state index is -0.529. The molecule has 0 fully saturated rings. The van der Waals surface area contributed by atoms with Gasteiger partial charge in [0.25, 0.3) is 5.91 Å². The highest BCUT2D eigenvalue weighted by Crippen LogP contribution is 2.15. The fourth-order valence-corrected chi connectivity index (χ4v) is 1.45. The molecule has 1 N–H and O–H groups in total. The lowest BCUT2D eigenvalue weighted by molar-refractivity contribution is -0.135. The van der Waals surface area contributed by atoms with Gasteiger partial charge in [-0.25, -0.2) is 0 Å². The molecule has 0 spiro atoms. The van der Waals surface area contributed by atoms with Crippen molar-refractivity contribution in [2.45, 2.75) is 20.0 Å². The van der Waals surface area contributed by atoms with Crippen molar-refractivity contribution in [1.82, 2.24) is 4.90 Å². The summed E-state index contributed by atoms with van der Waals surface area (Å²) in [6, 6.07) is 7.03. The Hall–Kier alpha value is -2.04. The molecule has 1 atom stereocenters. The number of likely N-dealkylation sites (N-methyl/N-ethyl adjacent to an activating group) is 1. The highest BCUT2D eigenvalue weighted by molar-refractivity contribution is 5.98. The standard InChI is InChI=1S/C13H18N2O3/c1-9(14-17)11-5-7-12(8-6-11)18-10(2)13(16)15(3)4/h5-8,10,17H,1-4H3/b14-9+. The van der Waals surface area contributed by atoms with Crippen molar-refractivity contribution >= 4 is 11.6 Å². The largest absolute Gasteiger partial charge is 0.481 e. The normalized spacial score (nSPS) is 13.0. The molecular weight excluding hydrogens is 232 g/mol. The second-order valence-corrected chi connectivity index (χ2v) is 4.20. The van der Waals surface area contributed by atoms with Crippen LogP contribution in [0.2, 0.25) is 0 Å². The van der Waals surface area contributed by atoms with Gasteiger partial charge in [-0.05, 0) is 43.7 Å². The summed E-state index contributed by atoms with van der Waals surface area (Å²) < 4.78 is 5.51. The van der Waals surface area contributed by atoms with E-state index in [0.717, 1.165) is 5.56 Å². The molecular formula is C13H18N2O3. The second kappa shape index (κ2) is 6.05. The summed E-state index contributed by atoms with van der Waals surface area (Å²) >= 11 is 0. The van der Waals surface area contributed by atoms with Crippen LogP contribution in [0.5, 0.6) is 5.75 Å². The van der Waals surface area contributed by atoms with E-state index < -0.39 is 6.10 Å². The molecule has 5 heteroatoms. The van der Waals surface area contributed by atoms with Crippen LogP contribution in [0.15, 0.2) is 29.4 Å². The van der Waals surface area contributed by atoms with E-state index in [2.05, 4.69) is 5.16 Å². The molecule has 1 unspecified atom stereocenters. The number of hydrogen-bond acceptors (Lipinski definition) is 4. The fraction of sp³-hybridized carbons (Fsp3) is 0.385. The fourth-order valence-electron chi connectivity index (χ4n) is 1.45. The maximum atomic E-state index is 11.6. The van der Waals surface area contributed by atoms with Crippen LogP contribution < -0.4 is 4.74 Å². The van der Waals surface area contributed by atoms with Crippen molar-refractivity contribution in [3.05, 3.63) is 29.8 Å². The number of hydrogen-bond donors (Lipinski definition) is 1. The number of ether oxygens (including phenoxy) is 1. The Labute approximate surface area is 107 Å². The number of oxime groups is 1. The van der Waals surface area contributed by atoms with Gasteiger partial charge in [-0.2, -0.15) is 0 Å². The third-order valence-corrected chi connectivity index (χ3v) is 2.52. The number of amides is 1. The minimum Gasteiger partial charge on any atom is -0.481 e. The van der Waals surface area contributed by atoms with Crippen LogP contribution in [0.25, 0.3) is 0 Å². The molecule has 1 amide bonds. The molecule has 5 nitrogen and oxygen atoms in total. The molecule has 18 heavy (non-hydrogen) atoms. The first-order valence-corrected chi connectivity index (χ1v) is 5.62. The van der Waals surface area contributed by atoms with Crippen LogP contribution in [0, 0.1) is 0 Å². The first-order valence-electron chi connectivity index (χ1n) is 5.62. The summed E-state index contributed by atoms with van der Waals surface area (Å²) in [4.78, 5) is 13.1. The summed E-state index contributed by atoms with van der Waals surface area (Å²) in [5, 5.41) is 11.8. The van der Waals surface area contributed by atoms with Gasteiger partial charge in [0, 0.05) is 14.1 Å². The topological polar surface area (TPSA) is 62.1 Å². The van der Waals surface area contributed by atoms with E-state index >= 15 is 0 Å². The Balaban J connectivity index is 2.72. The first kappa shape index (κ1) is 14.0. The van der Waals surface area contributed by atoms with Crippen molar-refractivity contribution in [3.63, 3.8) is 0 Å². The van der Waals surface area contributed by atoms with Crippen molar-refractivity contribution in [3.8, 4) is 5.75 Å². The summed E-state index contributed by atoms with van der Waals surface area (Å²) in [7, 11) is 3.37. The van der Waals surface area contributed by atoms with Crippen molar-refractivity contribution in [1.29, 1.82) is 0 Å². The Bertz CT molecular complexity index is 438. The van der Waals surface area contributed by atoms with Crippen molar-refractivity contribution in [2.75, 3.05) is 14.1 Å². The van der Waals surface area contributed by atoms with E-state index in [-0.39, 0.29) is 5.91 Å². The molecule has 0 aromatic heterocycles. The van der Waals surface area contributed by atoms with Crippen molar-refractivity contribution in [2.24, 2.45) is 5.16 Å². The van der Waals surface area contributed by atoms with Crippen LogP contribution >= 0.6 is 0 Å².